The molecule has 0 radical (unpaired) electrons. The summed E-state index contributed by atoms with van der Waals surface area (Å²) >= 11 is 0. The summed E-state index contributed by atoms with van der Waals surface area (Å²) < 4.78 is 64.1. The van der Waals surface area contributed by atoms with Crippen molar-refractivity contribution in [2.75, 3.05) is 11.9 Å². The fourth-order valence-corrected chi connectivity index (χ4v) is 3.01. The number of anilines is 1. The van der Waals surface area contributed by atoms with Crippen LogP contribution in [0.2, 0.25) is 0 Å². The number of halogens is 5. The average Bonchev–Trinajstić information content (AvgIpc) is 3.19. The molecule has 29 heavy (non-hydrogen) atoms. The Kier molecular flexibility index (Phi) is 4.55. The molecule has 12 heteroatoms. The van der Waals surface area contributed by atoms with Gasteiger partial charge in [0.05, 0.1) is 12.2 Å². The normalized spacial score (nSPS) is 12.4. The number of aromatic nitrogens is 6. The van der Waals surface area contributed by atoms with Gasteiger partial charge in [-0.1, -0.05) is 0 Å². The fraction of sp³-hybridized carbons (Fsp3) is 0.294. The van der Waals surface area contributed by atoms with E-state index in [4.69, 9.17) is 0 Å². The molecule has 4 aromatic rings. The van der Waals surface area contributed by atoms with Gasteiger partial charge in [-0.05, 0) is 19.1 Å². The zero-order valence-corrected chi connectivity index (χ0v) is 14.9. The van der Waals surface area contributed by atoms with E-state index in [1.807, 2.05) is 0 Å². The third kappa shape index (κ3) is 3.82. The maximum atomic E-state index is 12.9. The Morgan fingerprint density at radius 1 is 1.17 bits per heavy atom. The van der Waals surface area contributed by atoms with Crippen molar-refractivity contribution >= 4 is 28.1 Å². The highest BCUT2D eigenvalue weighted by Crippen LogP contribution is 2.28. The van der Waals surface area contributed by atoms with Crippen molar-refractivity contribution in [1.29, 1.82) is 0 Å². The van der Waals surface area contributed by atoms with E-state index in [-0.39, 0.29) is 5.95 Å². The second-order valence-electron chi connectivity index (χ2n) is 6.33. The third-order valence-corrected chi connectivity index (χ3v) is 4.26. The highest BCUT2D eigenvalue weighted by atomic mass is 19.4. The van der Waals surface area contributed by atoms with Gasteiger partial charge in [0.25, 0.3) is 6.43 Å². The van der Waals surface area contributed by atoms with Crippen LogP contribution in [-0.4, -0.2) is 48.6 Å². The highest BCUT2D eigenvalue weighted by molar-refractivity contribution is 5.93. The fourth-order valence-electron chi connectivity index (χ4n) is 3.01. The number of nitrogens with one attached hydrogen (secondary N) is 2. The van der Waals surface area contributed by atoms with Gasteiger partial charge in [0.2, 0.25) is 5.95 Å². The Hall–Kier alpha value is -3.31. The van der Waals surface area contributed by atoms with Gasteiger partial charge in [0.1, 0.15) is 23.5 Å². The van der Waals surface area contributed by atoms with Crippen LogP contribution in [0.25, 0.3) is 33.5 Å². The van der Waals surface area contributed by atoms with Crippen molar-refractivity contribution in [3.63, 3.8) is 0 Å². The van der Waals surface area contributed by atoms with Crippen molar-refractivity contribution in [1.82, 2.24) is 29.5 Å². The molecule has 0 spiro atoms. The van der Waals surface area contributed by atoms with E-state index in [0.717, 1.165) is 0 Å². The molecule has 4 rings (SSSR count). The largest absolute Gasteiger partial charge is 0.405 e. The van der Waals surface area contributed by atoms with Crippen molar-refractivity contribution in [3.8, 4) is 11.3 Å². The number of alkyl halides is 5. The first kappa shape index (κ1) is 19.0. The van der Waals surface area contributed by atoms with E-state index in [0.29, 0.717) is 39.3 Å². The first-order valence-electron chi connectivity index (χ1n) is 8.48. The smallest absolute Gasteiger partial charge is 0.345 e. The van der Waals surface area contributed by atoms with Crippen molar-refractivity contribution in [2.24, 2.45) is 0 Å². The van der Waals surface area contributed by atoms with Crippen molar-refractivity contribution < 1.29 is 22.0 Å². The van der Waals surface area contributed by atoms with Gasteiger partial charge >= 0.3 is 6.18 Å². The molecule has 0 fully saturated rings. The Labute approximate surface area is 160 Å². The Morgan fingerprint density at radius 2 is 1.97 bits per heavy atom. The minimum Gasteiger partial charge on any atom is -0.345 e. The van der Waals surface area contributed by atoms with Gasteiger partial charge in [-0.3, -0.25) is 0 Å². The summed E-state index contributed by atoms with van der Waals surface area (Å²) in [6.45, 7) is -0.152. The van der Waals surface area contributed by atoms with Gasteiger partial charge in [-0.2, -0.15) is 18.2 Å². The topological polar surface area (TPSA) is 84.3 Å². The minimum atomic E-state index is -4.39. The molecule has 0 saturated carbocycles. The molecule has 0 bridgehead atoms. The second kappa shape index (κ2) is 6.94. The molecule has 7 nitrogen and oxygen atoms in total. The molecule has 0 atom stereocenters. The second-order valence-corrected chi connectivity index (χ2v) is 6.33. The van der Waals surface area contributed by atoms with Crippen LogP contribution in [0.15, 0.2) is 24.5 Å². The molecule has 0 unspecified atom stereocenters. The minimum absolute atomic E-state index is 0.169. The van der Waals surface area contributed by atoms with Gasteiger partial charge in [0.15, 0.2) is 5.65 Å². The summed E-state index contributed by atoms with van der Waals surface area (Å²) in [5.74, 6) is 0.255. The third-order valence-electron chi connectivity index (χ3n) is 4.26. The van der Waals surface area contributed by atoms with Crippen molar-refractivity contribution in [2.45, 2.75) is 26.1 Å². The zero-order valence-electron chi connectivity index (χ0n) is 14.9. The van der Waals surface area contributed by atoms with Gasteiger partial charge in [-0.25, -0.2) is 23.7 Å². The Bertz CT molecular complexity index is 1180. The van der Waals surface area contributed by atoms with Gasteiger partial charge in [0, 0.05) is 23.3 Å². The SMILES string of the molecule is Cc1nc2ccc(-c3c[nH]c4nc(NCC(F)(F)F)ncc34)nc2n1CC(F)F. The molecule has 0 aliphatic rings. The number of imidazole rings is 1. The van der Waals surface area contributed by atoms with E-state index in [2.05, 4.69) is 30.2 Å². The Morgan fingerprint density at radius 3 is 2.69 bits per heavy atom. The summed E-state index contributed by atoms with van der Waals surface area (Å²) in [5.41, 5.74) is 2.19. The summed E-state index contributed by atoms with van der Waals surface area (Å²) in [5, 5.41) is 2.65. The number of aromatic amines is 1. The van der Waals surface area contributed by atoms with Crippen LogP contribution in [0.4, 0.5) is 27.9 Å². The molecule has 4 heterocycles. The van der Waals surface area contributed by atoms with Crippen LogP contribution < -0.4 is 5.32 Å². The van der Waals surface area contributed by atoms with Crippen LogP contribution in [-0.2, 0) is 6.54 Å². The molecule has 152 valence electrons. The zero-order chi connectivity index (χ0) is 20.8. The molecule has 0 aromatic carbocycles. The summed E-state index contributed by atoms with van der Waals surface area (Å²) in [7, 11) is 0. The summed E-state index contributed by atoms with van der Waals surface area (Å²) in [4.78, 5) is 19.5. The molecule has 0 amide bonds. The van der Waals surface area contributed by atoms with E-state index in [9.17, 15) is 22.0 Å². The lowest BCUT2D eigenvalue weighted by molar-refractivity contribution is -0.115. The number of H-pyrrole nitrogens is 1. The summed E-state index contributed by atoms with van der Waals surface area (Å²) in [6.07, 6.45) is -3.99. The van der Waals surface area contributed by atoms with E-state index in [1.165, 1.54) is 10.8 Å². The maximum absolute atomic E-state index is 12.9. The predicted octanol–water partition coefficient (Wildman–Crippen LogP) is 3.92. The molecule has 0 aliphatic heterocycles. The maximum Gasteiger partial charge on any atom is 0.405 e. The lowest BCUT2D eigenvalue weighted by Gasteiger charge is -2.08. The number of aryl methyl sites for hydroxylation is 1. The number of hydrogen-bond donors (Lipinski definition) is 2. The van der Waals surface area contributed by atoms with Crippen LogP contribution in [0.5, 0.6) is 0 Å². The number of rotatable bonds is 5. The van der Waals surface area contributed by atoms with Gasteiger partial charge in [-0.15, -0.1) is 0 Å². The predicted molar refractivity (Wildman–Crippen MR) is 95.7 cm³/mol. The standard InChI is InChI=1S/C17H14F5N7/c1-8-26-12-3-2-11(27-15(12)29(8)6-13(18)19)9-4-23-14-10(9)5-24-16(28-14)25-7-17(20,21)22/h2-5,13H,6-7H2,1H3,(H2,23,24,25,28). The first-order valence-corrected chi connectivity index (χ1v) is 8.48. The molecule has 0 aliphatic carbocycles. The molecular formula is C17H14F5N7. The molecule has 0 saturated heterocycles. The lowest BCUT2D eigenvalue weighted by Crippen LogP contribution is -2.22. The molecule has 4 aromatic heterocycles. The lowest BCUT2D eigenvalue weighted by atomic mass is 10.1. The average molecular weight is 411 g/mol. The van der Waals surface area contributed by atoms with Gasteiger partial charge < -0.3 is 14.9 Å². The van der Waals surface area contributed by atoms with Crippen LogP contribution in [0.3, 0.4) is 0 Å². The number of fused-ring (bicyclic) bond motifs is 2. The van der Waals surface area contributed by atoms with E-state index < -0.39 is 25.7 Å². The highest BCUT2D eigenvalue weighted by Gasteiger charge is 2.27. The van der Waals surface area contributed by atoms with E-state index >= 15 is 0 Å². The van der Waals surface area contributed by atoms with Crippen LogP contribution >= 0.6 is 0 Å². The van der Waals surface area contributed by atoms with E-state index in [1.54, 1.807) is 25.3 Å². The van der Waals surface area contributed by atoms with Crippen molar-refractivity contribution in [3.05, 3.63) is 30.4 Å². The first-order chi connectivity index (χ1) is 13.7. The molecule has 2 N–H and O–H groups in total. The number of pyridine rings is 1. The van der Waals surface area contributed by atoms with Crippen LogP contribution in [0, 0.1) is 6.92 Å². The Balaban J connectivity index is 1.71. The monoisotopic (exact) mass is 411 g/mol. The number of hydrogen-bond acceptors (Lipinski definition) is 5. The summed E-state index contributed by atoms with van der Waals surface area (Å²) in [6, 6.07) is 3.35. The number of nitrogens with zero attached hydrogens (tertiary/aromatic N) is 5. The van der Waals surface area contributed by atoms with Crippen LogP contribution in [0.1, 0.15) is 5.82 Å². The molecular weight excluding hydrogens is 397 g/mol. The quantitative estimate of drug-likeness (QED) is 0.487.